The second kappa shape index (κ2) is 13.5. The molecule has 0 unspecified atom stereocenters. The normalized spacial score (nSPS) is 11.2. The van der Waals surface area contributed by atoms with Gasteiger partial charge < -0.3 is 9.47 Å². The third-order valence-corrected chi connectivity index (χ3v) is 6.42. The topological polar surface area (TPSA) is 90.6 Å². The molecular weight excluding hydrogens is 522 g/mol. The van der Waals surface area contributed by atoms with Gasteiger partial charge in [-0.3, -0.25) is 9.36 Å². The molecule has 0 atom stereocenters. The number of hydrazone groups is 1. The lowest BCUT2D eigenvalue weighted by molar-refractivity contribution is -0.118. The first-order valence-electron chi connectivity index (χ1n) is 11.8. The first kappa shape index (κ1) is 27.0. The van der Waals surface area contributed by atoms with Gasteiger partial charge in [-0.25, -0.2) is 5.43 Å². The van der Waals surface area contributed by atoms with E-state index in [1.54, 1.807) is 25.3 Å². The van der Waals surface area contributed by atoms with Crippen molar-refractivity contribution in [2.24, 2.45) is 5.10 Å². The van der Waals surface area contributed by atoms with Gasteiger partial charge >= 0.3 is 0 Å². The van der Waals surface area contributed by atoms with E-state index in [0.29, 0.717) is 22.6 Å². The van der Waals surface area contributed by atoms with Gasteiger partial charge in [0.05, 0.1) is 19.5 Å². The maximum atomic E-state index is 12.5. The van der Waals surface area contributed by atoms with E-state index in [0.717, 1.165) is 28.3 Å². The van der Waals surface area contributed by atoms with Crippen LogP contribution in [0.15, 0.2) is 89.1 Å². The number of rotatable bonds is 11. The number of hydrogen-bond donors (Lipinski definition) is 1. The van der Waals surface area contributed by atoms with Gasteiger partial charge in [0.2, 0.25) is 0 Å². The number of ether oxygens (including phenoxy) is 2. The van der Waals surface area contributed by atoms with Crippen molar-refractivity contribution < 1.29 is 14.3 Å². The van der Waals surface area contributed by atoms with Gasteiger partial charge in [-0.15, -0.1) is 10.2 Å². The molecule has 0 radical (unpaired) electrons. The molecule has 1 amide bonds. The lowest BCUT2D eigenvalue weighted by atomic mass is 10.2. The minimum absolute atomic E-state index is 0.101. The summed E-state index contributed by atoms with van der Waals surface area (Å²) in [5.74, 6) is 1.99. The van der Waals surface area contributed by atoms with Gasteiger partial charge in [0.1, 0.15) is 11.5 Å². The third kappa shape index (κ3) is 7.02. The molecule has 4 rings (SSSR count). The molecule has 194 valence electrons. The Kier molecular flexibility index (Phi) is 9.55. The second-order valence-electron chi connectivity index (χ2n) is 7.78. The fourth-order valence-corrected chi connectivity index (χ4v) is 4.38. The van der Waals surface area contributed by atoms with E-state index < -0.39 is 0 Å². The summed E-state index contributed by atoms with van der Waals surface area (Å²) in [7, 11) is 1.62. The Balaban J connectivity index is 1.45. The number of nitrogens with zero attached hydrogens (tertiary/aromatic N) is 4. The van der Waals surface area contributed by atoms with E-state index >= 15 is 0 Å². The fraction of sp³-hybridized carbons (Fsp3) is 0.143. The molecule has 0 saturated heterocycles. The summed E-state index contributed by atoms with van der Waals surface area (Å²) in [6.45, 7) is 2.52. The van der Waals surface area contributed by atoms with Crippen molar-refractivity contribution in [3.05, 3.63) is 89.5 Å². The van der Waals surface area contributed by atoms with Crippen LogP contribution in [0.2, 0.25) is 5.02 Å². The van der Waals surface area contributed by atoms with Crippen molar-refractivity contribution in [3.8, 4) is 28.6 Å². The van der Waals surface area contributed by atoms with Crippen molar-refractivity contribution in [2.45, 2.75) is 12.1 Å². The molecule has 1 N–H and O–H groups in total. The Bertz CT molecular complexity index is 1420. The summed E-state index contributed by atoms with van der Waals surface area (Å²) in [5, 5.41) is 13.9. The van der Waals surface area contributed by atoms with Gasteiger partial charge in [0, 0.05) is 28.1 Å². The van der Waals surface area contributed by atoms with Crippen LogP contribution in [0.4, 0.5) is 0 Å². The SMILES string of the molecule is CCOc1ccc(-n2c(SCC(=O)N/N=C/C=C/c3ccccc3OC)nnc2-c2ccc(Cl)cc2)cc1. The molecule has 38 heavy (non-hydrogen) atoms. The summed E-state index contributed by atoms with van der Waals surface area (Å²) in [6.07, 6.45) is 5.09. The molecule has 0 fully saturated rings. The molecule has 1 aromatic heterocycles. The molecule has 3 aromatic carbocycles. The zero-order valence-electron chi connectivity index (χ0n) is 20.9. The predicted molar refractivity (Wildman–Crippen MR) is 152 cm³/mol. The lowest BCUT2D eigenvalue weighted by Gasteiger charge is -2.11. The fourth-order valence-electron chi connectivity index (χ4n) is 3.51. The molecule has 0 aliphatic rings. The number of allylic oxidation sites excluding steroid dienone is 1. The van der Waals surface area contributed by atoms with Crippen LogP contribution in [0.5, 0.6) is 11.5 Å². The number of nitrogens with one attached hydrogen (secondary N) is 1. The average molecular weight is 548 g/mol. The van der Waals surface area contributed by atoms with E-state index in [9.17, 15) is 4.79 Å². The highest BCUT2D eigenvalue weighted by Gasteiger charge is 2.17. The number of hydrogen-bond acceptors (Lipinski definition) is 7. The molecule has 10 heteroatoms. The summed E-state index contributed by atoms with van der Waals surface area (Å²) in [6, 6.07) is 22.6. The van der Waals surface area contributed by atoms with Gasteiger partial charge in [0.25, 0.3) is 5.91 Å². The number of amides is 1. The highest BCUT2D eigenvalue weighted by molar-refractivity contribution is 7.99. The Hall–Kier alpha value is -4.08. The van der Waals surface area contributed by atoms with Gasteiger partial charge in [-0.05, 0) is 73.7 Å². The second-order valence-corrected chi connectivity index (χ2v) is 9.16. The highest BCUT2D eigenvalue weighted by Crippen LogP contribution is 2.29. The molecule has 0 saturated carbocycles. The molecule has 1 heterocycles. The van der Waals surface area contributed by atoms with Crippen LogP contribution < -0.4 is 14.9 Å². The minimum Gasteiger partial charge on any atom is -0.496 e. The lowest BCUT2D eigenvalue weighted by Crippen LogP contribution is -2.19. The summed E-state index contributed by atoms with van der Waals surface area (Å²) < 4.78 is 12.8. The largest absolute Gasteiger partial charge is 0.496 e. The number of carbonyl (C=O) groups excluding carboxylic acids is 1. The smallest absolute Gasteiger partial charge is 0.250 e. The Morgan fingerprint density at radius 1 is 1.08 bits per heavy atom. The van der Waals surface area contributed by atoms with E-state index in [1.165, 1.54) is 18.0 Å². The van der Waals surface area contributed by atoms with E-state index in [1.807, 2.05) is 78.2 Å². The van der Waals surface area contributed by atoms with Gasteiger partial charge in [-0.1, -0.05) is 41.6 Å². The molecule has 0 aliphatic carbocycles. The van der Waals surface area contributed by atoms with Crippen molar-refractivity contribution in [3.63, 3.8) is 0 Å². The maximum absolute atomic E-state index is 12.5. The number of para-hydroxylation sites is 1. The molecule has 0 bridgehead atoms. The average Bonchev–Trinajstić information content (AvgIpc) is 3.37. The first-order valence-corrected chi connectivity index (χ1v) is 13.1. The van der Waals surface area contributed by atoms with Crippen molar-refractivity contribution in [2.75, 3.05) is 19.5 Å². The highest BCUT2D eigenvalue weighted by atomic mass is 35.5. The summed E-state index contributed by atoms with van der Waals surface area (Å²) in [4.78, 5) is 12.5. The zero-order valence-corrected chi connectivity index (χ0v) is 22.4. The number of halogens is 1. The number of methoxy groups -OCH3 is 1. The molecule has 0 spiro atoms. The molecule has 8 nitrogen and oxygen atoms in total. The third-order valence-electron chi connectivity index (χ3n) is 5.24. The summed E-state index contributed by atoms with van der Waals surface area (Å²) >= 11 is 7.33. The van der Waals surface area contributed by atoms with Crippen LogP contribution in [-0.4, -0.2) is 46.4 Å². The van der Waals surface area contributed by atoms with Crippen LogP contribution in [0.3, 0.4) is 0 Å². The van der Waals surface area contributed by atoms with Crippen LogP contribution >= 0.6 is 23.4 Å². The number of benzene rings is 3. The van der Waals surface area contributed by atoms with Crippen LogP contribution in [0.25, 0.3) is 23.2 Å². The van der Waals surface area contributed by atoms with Crippen LogP contribution in [0, 0.1) is 0 Å². The van der Waals surface area contributed by atoms with Gasteiger partial charge in [0.15, 0.2) is 11.0 Å². The van der Waals surface area contributed by atoms with Crippen molar-refractivity contribution >= 4 is 41.6 Å². The number of aromatic nitrogens is 3. The predicted octanol–water partition coefficient (Wildman–Crippen LogP) is 5.90. The molecule has 4 aromatic rings. The van der Waals surface area contributed by atoms with Crippen LogP contribution in [-0.2, 0) is 4.79 Å². The first-order chi connectivity index (χ1) is 18.6. The quantitative estimate of drug-likeness (QED) is 0.143. The molecular formula is C28H26ClN5O3S. The van der Waals surface area contributed by atoms with E-state index in [-0.39, 0.29) is 11.7 Å². The maximum Gasteiger partial charge on any atom is 0.250 e. The van der Waals surface area contributed by atoms with Crippen LogP contribution in [0.1, 0.15) is 12.5 Å². The summed E-state index contributed by atoms with van der Waals surface area (Å²) in [5.41, 5.74) is 5.13. The molecule has 0 aliphatic heterocycles. The zero-order chi connectivity index (χ0) is 26.7. The minimum atomic E-state index is -0.272. The Morgan fingerprint density at radius 3 is 2.58 bits per heavy atom. The Morgan fingerprint density at radius 2 is 1.84 bits per heavy atom. The van der Waals surface area contributed by atoms with E-state index in [2.05, 4.69) is 20.7 Å². The van der Waals surface area contributed by atoms with E-state index in [4.69, 9.17) is 21.1 Å². The number of carbonyl (C=O) groups is 1. The Labute approximate surface area is 230 Å². The monoisotopic (exact) mass is 547 g/mol. The standard InChI is InChI=1S/C28H26ClN5O3S/c1-3-37-24-16-14-23(15-17-24)34-27(21-10-12-22(29)13-11-21)32-33-28(34)38-19-26(35)31-30-18-6-8-20-7-4-5-9-25(20)36-2/h4-18H,3,19H2,1-2H3,(H,31,35)/b8-6+,30-18+. The van der Waals surface area contributed by atoms with Crippen molar-refractivity contribution in [1.29, 1.82) is 0 Å². The number of thioether (sulfide) groups is 1. The van der Waals surface area contributed by atoms with Gasteiger partial charge in [-0.2, -0.15) is 5.10 Å². The van der Waals surface area contributed by atoms with Crippen molar-refractivity contribution in [1.82, 2.24) is 20.2 Å².